The van der Waals surface area contributed by atoms with Crippen molar-refractivity contribution in [3.05, 3.63) is 33.4 Å². The number of piperidine rings is 1. The highest BCUT2D eigenvalue weighted by Gasteiger charge is 2.36. The summed E-state index contributed by atoms with van der Waals surface area (Å²) < 4.78 is 2.71. The molecule has 2 aromatic rings. The summed E-state index contributed by atoms with van der Waals surface area (Å²) in [6, 6.07) is 6.18. The number of aromatic nitrogens is 1. The average Bonchev–Trinajstić information content (AvgIpc) is 2.89. The van der Waals surface area contributed by atoms with Crippen LogP contribution >= 0.6 is 11.3 Å². The second-order valence-corrected chi connectivity index (χ2v) is 9.39. The Bertz CT molecular complexity index is 909. The highest BCUT2D eigenvalue weighted by molar-refractivity contribution is 7.16. The topological polar surface area (TPSA) is 71.4 Å². The number of likely N-dealkylation sites (tertiary alicyclic amines) is 1. The number of nitrogens with one attached hydrogen (secondary N) is 1. The van der Waals surface area contributed by atoms with Crippen LogP contribution in [0.4, 0.5) is 0 Å². The molecule has 1 aromatic carbocycles. The Labute approximate surface area is 169 Å². The first-order valence-electron chi connectivity index (χ1n) is 9.89. The van der Waals surface area contributed by atoms with Gasteiger partial charge in [0.1, 0.15) is 0 Å². The lowest BCUT2D eigenvalue weighted by molar-refractivity contribution is -0.152. The van der Waals surface area contributed by atoms with Crippen molar-refractivity contribution in [2.45, 2.75) is 46.0 Å². The highest BCUT2D eigenvalue weighted by atomic mass is 32.1. The molecular formula is C21H29N3O3S. The molecule has 0 saturated carbocycles. The molecule has 2 heterocycles. The van der Waals surface area contributed by atoms with Crippen molar-refractivity contribution in [3.8, 4) is 0 Å². The number of fused-ring (bicyclic) bond motifs is 1. The maximum Gasteiger partial charge on any atom is 0.307 e. The maximum atomic E-state index is 12.1. The van der Waals surface area contributed by atoms with Crippen LogP contribution in [0.25, 0.3) is 10.2 Å². The average molecular weight is 404 g/mol. The van der Waals surface area contributed by atoms with E-state index in [0.29, 0.717) is 19.4 Å². The van der Waals surface area contributed by atoms with Crippen molar-refractivity contribution < 1.29 is 9.59 Å². The number of carbonyl (C=O) groups is 2. The summed E-state index contributed by atoms with van der Waals surface area (Å²) in [4.78, 5) is 37.5. The molecule has 7 heteroatoms. The van der Waals surface area contributed by atoms with Crippen LogP contribution in [-0.4, -0.2) is 40.9 Å². The van der Waals surface area contributed by atoms with Gasteiger partial charge in [-0.1, -0.05) is 31.3 Å². The summed E-state index contributed by atoms with van der Waals surface area (Å²) in [5.74, 6) is -0.0689. The molecule has 2 amide bonds. The van der Waals surface area contributed by atoms with Crippen molar-refractivity contribution in [2.24, 2.45) is 12.5 Å². The van der Waals surface area contributed by atoms with Crippen molar-refractivity contribution in [1.82, 2.24) is 14.8 Å². The number of benzene rings is 1. The molecule has 6 nitrogen and oxygen atoms in total. The van der Waals surface area contributed by atoms with Gasteiger partial charge < -0.3 is 9.88 Å². The Balaban J connectivity index is 1.35. The third kappa shape index (κ3) is 4.89. The van der Waals surface area contributed by atoms with Crippen LogP contribution in [0.5, 0.6) is 0 Å². The monoisotopic (exact) mass is 403 g/mol. The minimum atomic E-state index is -0.203. The molecule has 0 aliphatic carbocycles. The number of carbonyl (C=O) groups excluding carboxylic acids is 2. The molecule has 1 N–H and O–H groups in total. The number of amides is 2. The van der Waals surface area contributed by atoms with Gasteiger partial charge in [0.2, 0.25) is 11.8 Å². The normalized spacial score (nSPS) is 16.9. The fraction of sp³-hybridized carbons (Fsp3) is 0.571. The number of nitrogens with zero attached hydrogens (tertiary/aromatic N) is 2. The number of imide groups is 1. The molecule has 28 heavy (non-hydrogen) atoms. The molecule has 0 atom stereocenters. The molecule has 1 saturated heterocycles. The minimum absolute atomic E-state index is 0.0344. The van der Waals surface area contributed by atoms with E-state index in [1.54, 1.807) is 11.6 Å². The van der Waals surface area contributed by atoms with Gasteiger partial charge in [-0.2, -0.15) is 0 Å². The van der Waals surface area contributed by atoms with Gasteiger partial charge in [-0.15, -0.1) is 0 Å². The van der Waals surface area contributed by atoms with Gasteiger partial charge in [-0.05, 0) is 55.5 Å². The van der Waals surface area contributed by atoms with Gasteiger partial charge in [0.15, 0.2) is 0 Å². The van der Waals surface area contributed by atoms with E-state index in [1.807, 2.05) is 19.9 Å². The lowest BCUT2D eigenvalue weighted by Crippen LogP contribution is -2.46. The lowest BCUT2D eigenvalue weighted by atomic mass is 9.82. The Morgan fingerprint density at radius 3 is 2.50 bits per heavy atom. The lowest BCUT2D eigenvalue weighted by Gasteiger charge is -2.34. The first-order chi connectivity index (χ1) is 13.3. The van der Waals surface area contributed by atoms with Gasteiger partial charge >= 0.3 is 4.87 Å². The van der Waals surface area contributed by atoms with Crippen molar-refractivity contribution in [3.63, 3.8) is 0 Å². The number of unbranched alkanes of at least 4 members (excludes halogenated alkanes) is 1. The molecule has 3 rings (SSSR count). The zero-order chi connectivity index (χ0) is 20.3. The smallest absolute Gasteiger partial charge is 0.307 e. The molecular weight excluding hydrogens is 374 g/mol. The second kappa shape index (κ2) is 8.57. The van der Waals surface area contributed by atoms with Crippen LogP contribution in [0.3, 0.4) is 0 Å². The van der Waals surface area contributed by atoms with Crippen molar-refractivity contribution in [2.75, 3.05) is 19.6 Å². The minimum Gasteiger partial charge on any atom is -0.316 e. The summed E-state index contributed by atoms with van der Waals surface area (Å²) >= 11 is 1.28. The SMILES string of the molecule is Cn1c(=O)sc2cc(CCNCCCCN3C(=O)CC(C)(C)CC3=O)ccc21. The zero-order valence-electron chi connectivity index (χ0n) is 16.9. The van der Waals surface area contributed by atoms with E-state index in [0.717, 1.165) is 42.6 Å². The zero-order valence-corrected chi connectivity index (χ0v) is 17.7. The molecule has 1 aromatic heterocycles. The number of rotatable bonds is 8. The quantitative estimate of drug-likeness (QED) is 0.543. The predicted octanol–water partition coefficient (Wildman–Crippen LogP) is 2.69. The molecule has 1 fully saturated rings. The van der Waals surface area contributed by atoms with E-state index in [2.05, 4.69) is 17.4 Å². The Morgan fingerprint density at radius 2 is 1.79 bits per heavy atom. The van der Waals surface area contributed by atoms with Gasteiger partial charge in [0.05, 0.1) is 10.2 Å². The molecule has 152 valence electrons. The van der Waals surface area contributed by atoms with Crippen molar-refractivity contribution in [1.29, 1.82) is 0 Å². The van der Waals surface area contributed by atoms with Crippen molar-refractivity contribution >= 4 is 33.4 Å². The number of hydrogen-bond donors (Lipinski definition) is 1. The number of thiazole rings is 1. The predicted molar refractivity (Wildman–Crippen MR) is 113 cm³/mol. The highest BCUT2D eigenvalue weighted by Crippen LogP contribution is 2.31. The number of hydrogen-bond acceptors (Lipinski definition) is 5. The molecule has 0 spiro atoms. The van der Waals surface area contributed by atoms with Gasteiger partial charge in [-0.3, -0.25) is 19.3 Å². The molecule has 1 aliphatic rings. The van der Waals surface area contributed by atoms with Gasteiger partial charge in [-0.25, -0.2) is 0 Å². The largest absolute Gasteiger partial charge is 0.316 e. The standard InChI is InChI=1S/C21H29N3O3S/c1-21(2)13-18(25)24(19(26)14-21)11-5-4-9-22-10-8-15-6-7-16-17(12-15)28-20(27)23(16)3/h6-7,12,22H,4-5,8-11,13-14H2,1-3H3. The van der Waals surface area contributed by atoms with Gasteiger partial charge in [0.25, 0.3) is 0 Å². The van der Waals surface area contributed by atoms with E-state index in [1.165, 1.54) is 21.8 Å². The summed E-state index contributed by atoms with van der Waals surface area (Å²) in [5, 5.41) is 3.42. The molecule has 0 unspecified atom stereocenters. The maximum absolute atomic E-state index is 12.1. The first kappa shape index (κ1) is 20.7. The molecule has 0 bridgehead atoms. The molecule has 1 aliphatic heterocycles. The second-order valence-electron chi connectivity index (χ2n) is 8.39. The third-order valence-corrected chi connectivity index (χ3v) is 6.29. The van der Waals surface area contributed by atoms with E-state index in [-0.39, 0.29) is 22.1 Å². The van der Waals surface area contributed by atoms with Crippen LogP contribution in [0, 0.1) is 5.41 Å². The van der Waals surface area contributed by atoms with Crippen LogP contribution in [0.2, 0.25) is 0 Å². The summed E-state index contributed by atoms with van der Waals surface area (Å²) in [7, 11) is 1.80. The van der Waals surface area contributed by atoms with Crippen LogP contribution in [-0.2, 0) is 23.1 Å². The van der Waals surface area contributed by atoms with E-state index in [9.17, 15) is 14.4 Å². The van der Waals surface area contributed by atoms with E-state index < -0.39 is 0 Å². The van der Waals surface area contributed by atoms with Gasteiger partial charge in [0, 0.05) is 26.4 Å². The fourth-order valence-electron chi connectivity index (χ4n) is 3.67. The van der Waals surface area contributed by atoms with Crippen LogP contribution in [0.1, 0.15) is 45.1 Å². The van der Waals surface area contributed by atoms with E-state index in [4.69, 9.17) is 0 Å². The summed E-state index contributed by atoms with van der Waals surface area (Å²) in [6.45, 7) is 6.20. The fourth-order valence-corrected chi connectivity index (χ4v) is 4.62. The first-order valence-corrected chi connectivity index (χ1v) is 10.7. The summed E-state index contributed by atoms with van der Waals surface area (Å²) in [6.07, 6.45) is 3.58. The Kier molecular flexibility index (Phi) is 6.35. The number of aryl methyl sites for hydroxylation is 1. The third-order valence-electron chi connectivity index (χ3n) is 5.29. The Morgan fingerprint density at radius 1 is 1.07 bits per heavy atom. The van der Waals surface area contributed by atoms with E-state index >= 15 is 0 Å². The van der Waals surface area contributed by atoms with Crippen LogP contribution < -0.4 is 10.2 Å². The van der Waals surface area contributed by atoms with Crippen LogP contribution in [0.15, 0.2) is 23.0 Å². The summed E-state index contributed by atoms with van der Waals surface area (Å²) in [5.41, 5.74) is 2.00. The molecule has 0 radical (unpaired) electrons. The Hall–Kier alpha value is -1.99.